The highest BCUT2D eigenvalue weighted by molar-refractivity contribution is 6.22. The van der Waals surface area contributed by atoms with Crippen LogP contribution in [0.2, 0.25) is 0 Å². The zero-order chi connectivity index (χ0) is 29.7. The van der Waals surface area contributed by atoms with Gasteiger partial charge >= 0.3 is 0 Å². The molecular formula is C41H25N3O. The highest BCUT2D eigenvalue weighted by Crippen LogP contribution is 2.40. The molecule has 9 rings (SSSR count). The Kier molecular flexibility index (Phi) is 5.78. The van der Waals surface area contributed by atoms with E-state index in [2.05, 4.69) is 103 Å². The Morgan fingerprint density at radius 2 is 0.956 bits per heavy atom. The van der Waals surface area contributed by atoms with Crippen LogP contribution in [0.4, 0.5) is 0 Å². The topological polar surface area (TPSA) is 51.8 Å². The highest BCUT2D eigenvalue weighted by Gasteiger charge is 2.19. The summed E-state index contributed by atoms with van der Waals surface area (Å²) in [6, 6.07) is 52.2. The predicted octanol–water partition coefficient (Wildman–Crippen LogP) is 10.7. The molecule has 4 heteroatoms. The van der Waals surface area contributed by atoms with Gasteiger partial charge in [-0.2, -0.15) is 0 Å². The average molecular weight is 576 g/mol. The molecule has 0 fully saturated rings. The molecule has 7 aromatic carbocycles. The van der Waals surface area contributed by atoms with Crippen LogP contribution in [-0.4, -0.2) is 15.0 Å². The third kappa shape index (κ3) is 4.35. The molecule has 2 aromatic heterocycles. The molecule has 0 aliphatic heterocycles. The van der Waals surface area contributed by atoms with Crippen LogP contribution in [0.1, 0.15) is 0 Å². The Hall–Kier alpha value is -6.13. The van der Waals surface area contributed by atoms with E-state index in [1.807, 2.05) is 48.5 Å². The fraction of sp³-hybridized carbons (Fsp3) is 0. The Morgan fingerprint density at radius 3 is 1.78 bits per heavy atom. The number of hydrogen-bond donors (Lipinski definition) is 0. The molecule has 0 aliphatic rings. The summed E-state index contributed by atoms with van der Waals surface area (Å²) in [4.78, 5) is 15.1. The first-order chi connectivity index (χ1) is 22.3. The van der Waals surface area contributed by atoms with Gasteiger partial charge in [0.15, 0.2) is 17.5 Å². The molecule has 2 heterocycles. The largest absolute Gasteiger partial charge is 0.456 e. The van der Waals surface area contributed by atoms with E-state index >= 15 is 0 Å². The van der Waals surface area contributed by atoms with Gasteiger partial charge in [-0.15, -0.1) is 0 Å². The molecular weight excluding hydrogens is 550 g/mol. The third-order valence-electron chi connectivity index (χ3n) is 8.52. The number of aromatic nitrogens is 3. The maximum atomic E-state index is 6.36. The molecule has 9 aromatic rings. The predicted molar refractivity (Wildman–Crippen MR) is 184 cm³/mol. The summed E-state index contributed by atoms with van der Waals surface area (Å²) >= 11 is 0. The Morgan fingerprint density at radius 1 is 0.356 bits per heavy atom. The minimum Gasteiger partial charge on any atom is -0.456 e. The van der Waals surface area contributed by atoms with Crippen molar-refractivity contribution in [1.82, 2.24) is 15.0 Å². The van der Waals surface area contributed by atoms with Crippen molar-refractivity contribution >= 4 is 43.5 Å². The van der Waals surface area contributed by atoms with Crippen LogP contribution in [0, 0.1) is 0 Å². The molecule has 0 saturated carbocycles. The molecule has 0 saturated heterocycles. The molecule has 0 N–H and O–H groups in total. The molecule has 0 spiro atoms. The molecule has 45 heavy (non-hydrogen) atoms. The summed E-state index contributed by atoms with van der Waals surface area (Å²) in [5.74, 6) is 1.86. The van der Waals surface area contributed by atoms with Gasteiger partial charge in [0.2, 0.25) is 0 Å². The van der Waals surface area contributed by atoms with Crippen LogP contribution in [0.5, 0.6) is 0 Å². The second-order valence-electron chi connectivity index (χ2n) is 11.3. The van der Waals surface area contributed by atoms with Crippen LogP contribution in [-0.2, 0) is 0 Å². The van der Waals surface area contributed by atoms with Gasteiger partial charge in [-0.05, 0) is 50.9 Å². The SMILES string of the molecule is c1ccc(-c2nc(-c3ccc(-c4ccc5ccccc5c4)cc3)nc(-c3cccc4oc5ccc6ccccc6c5c34)n2)cc1. The van der Waals surface area contributed by atoms with Crippen molar-refractivity contribution in [2.75, 3.05) is 0 Å². The lowest BCUT2D eigenvalue weighted by atomic mass is 10.00. The number of nitrogens with zero attached hydrogens (tertiary/aromatic N) is 3. The van der Waals surface area contributed by atoms with Gasteiger partial charge in [0.05, 0.1) is 0 Å². The first kappa shape index (κ1) is 25.4. The number of furan rings is 1. The lowest BCUT2D eigenvalue weighted by Crippen LogP contribution is -2.00. The summed E-state index contributed by atoms with van der Waals surface area (Å²) in [6.45, 7) is 0. The van der Waals surface area contributed by atoms with Crippen molar-refractivity contribution in [3.05, 3.63) is 152 Å². The van der Waals surface area contributed by atoms with E-state index in [0.717, 1.165) is 55.0 Å². The van der Waals surface area contributed by atoms with Gasteiger partial charge in [-0.1, -0.05) is 133 Å². The molecule has 4 nitrogen and oxygen atoms in total. The first-order valence-electron chi connectivity index (χ1n) is 15.0. The number of hydrogen-bond acceptors (Lipinski definition) is 4. The van der Waals surface area contributed by atoms with Crippen LogP contribution >= 0.6 is 0 Å². The molecule has 0 aliphatic carbocycles. The van der Waals surface area contributed by atoms with E-state index in [0.29, 0.717) is 17.5 Å². The minimum atomic E-state index is 0.610. The Balaban J connectivity index is 1.23. The second-order valence-corrected chi connectivity index (χ2v) is 11.3. The lowest BCUT2D eigenvalue weighted by Gasteiger charge is -2.10. The van der Waals surface area contributed by atoms with Crippen LogP contribution in [0.15, 0.2) is 156 Å². The van der Waals surface area contributed by atoms with Gasteiger partial charge in [0, 0.05) is 27.5 Å². The fourth-order valence-electron chi connectivity index (χ4n) is 6.30. The second kappa shape index (κ2) is 10.2. The van der Waals surface area contributed by atoms with E-state index in [4.69, 9.17) is 19.4 Å². The van der Waals surface area contributed by atoms with Crippen LogP contribution < -0.4 is 0 Å². The van der Waals surface area contributed by atoms with Crippen molar-refractivity contribution in [2.45, 2.75) is 0 Å². The molecule has 0 unspecified atom stereocenters. The van der Waals surface area contributed by atoms with Crippen molar-refractivity contribution in [3.63, 3.8) is 0 Å². The average Bonchev–Trinajstić information content (AvgIpc) is 3.51. The fourth-order valence-corrected chi connectivity index (χ4v) is 6.30. The lowest BCUT2D eigenvalue weighted by molar-refractivity contribution is 0.669. The minimum absolute atomic E-state index is 0.610. The molecule has 0 radical (unpaired) electrons. The van der Waals surface area contributed by atoms with Gasteiger partial charge in [-0.3, -0.25) is 0 Å². The van der Waals surface area contributed by atoms with Crippen molar-refractivity contribution < 1.29 is 4.42 Å². The summed E-state index contributed by atoms with van der Waals surface area (Å²) in [7, 11) is 0. The van der Waals surface area contributed by atoms with E-state index in [1.165, 1.54) is 16.3 Å². The first-order valence-corrected chi connectivity index (χ1v) is 15.0. The standard InChI is InChI=1S/C41H25N3O/c1-2-11-29(12-3-1)39-42-40(30-20-17-27(18-21-30)32-22-19-26-9-4-5-13-31(26)25-32)44-41(43-39)34-15-8-16-35-38(34)37-33-14-7-6-10-28(33)23-24-36(37)45-35/h1-25H. The summed E-state index contributed by atoms with van der Waals surface area (Å²) in [6.07, 6.45) is 0. The normalized spacial score (nSPS) is 11.6. The monoisotopic (exact) mass is 575 g/mol. The quantitative estimate of drug-likeness (QED) is 0.209. The smallest absolute Gasteiger partial charge is 0.164 e. The summed E-state index contributed by atoms with van der Waals surface area (Å²) in [5, 5.41) is 6.84. The number of rotatable bonds is 4. The molecule has 0 bridgehead atoms. The molecule has 0 amide bonds. The van der Waals surface area contributed by atoms with E-state index < -0.39 is 0 Å². The van der Waals surface area contributed by atoms with Crippen molar-refractivity contribution in [2.24, 2.45) is 0 Å². The van der Waals surface area contributed by atoms with E-state index in [-0.39, 0.29) is 0 Å². The number of benzene rings is 7. The maximum absolute atomic E-state index is 6.36. The van der Waals surface area contributed by atoms with E-state index in [9.17, 15) is 0 Å². The van der Waals surface area contributed by atoms with Crippen LogP contribution in [0.25, 0.3) is 88.8 Å². The summed E-state index contributed by atoms with van der Waals surface area (Å²) < 4.78 is 6.36. The van der Waals surface area contributed by atoms with Gasteiger partial charge < -0.3 is 4.42 Å². The summed E-state index contributed by atoms with van der Waals surface area (Å²) in [5.41, 5.74) is 6.74. The van der Waals surface area contributed by atoms with Gasteiger partial charge in [-0.25, -0.2) is 15.0 Å². The van der Waals surface area contributed by atoms with E-state index in [1.54, 1.807) is 0 Å². The zero-order valence-corrected chi connectivity index (χ0v) is 24.2. The molecule has 210 valence electrons. The Labute approximate surface area is 259 Å². The zero-order valence-electron chi connectivity index (χ0n) is 24.2. The van der Waals surface area contributed by atoms with Crippen LogP contribution in [0.3, 0.4) is 0 Å². The van der Waals surface area contributed by atoms with Gasteiger partial charge in [0.25, 0.3) is 0 Å². The maximum Gasteiger partial charge on any atom is 0.164 e. The Bertz CT molecular complexity index is 2530. The van der Waals surface area contributed by atoms with Crippen molar-refractivity contribution in [1.29, 1.82) is 0 Å². The highest BCUT2D eigenvalue weighted by atomic mass is 16.3. The van der Waals surface area contributed by atoms with Gasteiger partial charge in [0.1, 0.15) is 11.2 Å². The molecule has 0 atom stereocenters. The van der Waals surface area contributed by atoms with Crippen molar-refractivity contribution in [3.8, 4) is 45.3 Å². The number of fused-ring (bicyclic) bond motifs is 6. The third-order valence-corrected chi connectivity index (χ3v) is 8.52.